The van der Waals surface area contributed by atoms with Gasteiger partial charge in [-0.2, -0.15) is 23.4 Å². The molecule has 0 aliphatic carbocycles. The van der Waals surface area contributed by atoms with Crippen LogP contribution < -0.4 is 5.56 Å². The number of hydrogen-bond donors (Lipinski definition) is 0. The largest absolute Gasteiger partial charge is 0.421 e. The molecule has 6 nitrogen and oxygen atoms in total. The summed E-state index contributed by atoms with van der Waals surface area (Å²) in [6, 6.07) is 0.743. The molecule has 0 aliphatic heterocycles. The zero-order valence-corrected chi connectivity index (χ0v) is 12.6. The van der Waals surface area contributed by atoms with Crippen molar-refractivity contribution in [2.75, 3.05) is 0 Å². The van der Waals surface area contributed by atoms with Crippen LogP contribution in [0.25, 0.3) is 0 Å². The average Bonchev–Trinajstić information content (AvgIpc) is 2.80. The number of nitrogens with zero attached hydrogens (tertiary/aromatic N) is 5. The van der Waals surface area contributed by atoms with Crippen molar-refractivity contribution in [2.24, 2.45) is 0 Å². The maximum atomic E-state index is 12.9. The fraction of sp³-hybridized carbons (Fsp3) is 0.538. The molecule has 120 valence electrons. The van der Waals surface area contributed by atoms with Crippen LogP contribution in [0, 0.1) is 6.92 Å². The first-order chi connectivity index (χ1) is 10.00. The van der Waals surface area contributed by atoms with Gasteiger partial charge in [0.15, 0.2) is 0 Å². The number of rotatable bonds is 2. The summed E-state index contributed by atoms with van der Waals surface area (Å²) in [6.45, 7) is 6.84. The molecule has 0 saturated carbocycles. The molecule has 0 bridgehead atoms. The Morgan fingerprint density at radius 3 is 2.41 bits per heavy atom. The first-order valence-electron chi connectivity index (χ1n) is 6.55. The minimum absolute atomic E-state index is 0.105. The van der Waals surface area contributed by atoms with Gasteiger partial charge in [-0.05, 0) is 33.8 Å². The minimum atomic E-state index is -4.72. The highest BCUT2D eigenvalue weighted by molar-refractivity contribution is 5.16. The van der Waals surface area contributed by atoms with Crippen LogP contribution >= 0.6 is 0 Å². The second-order valence-corrected chi connectivity index (χ2v) is 5.92. The molecule has 0 aliphatic rings. The molecular weight excluding hydrogens is 299 g/mol. The molecule has 22 heavy (non-hydrogen) atoms. The number of halogens is 3. The summed E-state index contributed by atoms with van der Waals surface area (Å²) in [5, 5.41) is 7.92. The summed E-state index contributed by atoms with van der Waals surface area (Å²) in [5.41, 5.74) is -2.73. The van der Waals surface area contributed by atoms with E-state index in [1.54, 1.807) is 4.68 Å². The highest BCUT2D eigenvalue weighted by atomic mass is 19.4. The lowest BCUT2D eigenvalue weighted by Gasteiger charge is -2.21. The average molecular weight is 315 g/mol. The van der Waals surface area contributed by atoms with E-state index in [2.05, 4.69) is 15.2 Å². The molecule has 2 rings (SSSR count). The molecule has 0 radical (unpaired) electrons. The smallest absolute Gasteiger partial charge is 0.267 e. The number of aryl methyl sites for hydroxylation is 1. The Kier molecular flexibility index (Phi) is 3.84. The Hall–Kier alpha value is -2.19. The number of alkyl halides is 3. The van der Waals surface area contributed by atoms with E-state index in [1.807, 2.05) is 20.8 Å². The topological polar surface area (TPSA) is 65.6 Å². The monoisotopic (exact) mass is 315 g/mol. The Bertz CT molecular complexity index is 739. The van der Waals surface area contributed by atoms with E-state index in [9.17, 15) is 18.0 Å². The zero-order valence-electron chi connectivity index (χ0n) is 12.6. The Morgan fingerprint density at radius 2 is 1.86 bits per heavy atom. The van der Waals surface area contributed by atoms with Gasteiger partial charge in [-0.25, -0.2) is 14.3 Å². The quantitative estimate of drug-likeness (QED) is 0.850. The summed E-state index contributed by atoms with van der Waals surface area (Å²) in [5.74, 6) is 0.362. The van der Waals surface area contributed by atoms with E-state index in [0.717, 1.165) is 10.7 Å². The molecule has 0 amide bonds. The van der Waals surface area contributed by atoms with Crippen molar-refractivity contribution in [2.45, 2.75) is 46.0 Å². The maximum absolute atomic E-state index is 12.9. The van der Waals surface area contributed by atoms with E-state index < -0.39 is 22.8 Å². The summed E-state index contributed by atoms with van der Waals surface area (Å²) in [4.78, 5) is 16.0. The van der Waals surface area contributed by atoms with Gasteiger partial charge in [0.2, 0.25) is 0 Å². The van der Waals surface area contributed by atoms with Crippen molar-refractivity contribution in [3.8, 4) is 0 Å². The van der Waals surface area contributed by atoms with Crippen LogP contribution in [0.5, 0.6) is 0 Å². The Morgan fingerprint density at radius 1 is 1.23 bits per heavy atom. The summed E-state index contributed by atoms with van der Waals surface area (Å²) >= 11 is 0. The lowest BCUT2D eigenvalue weighted by Crippen LogP contribution is -2.33. The standard InChI is InChI=1S/C13H16F3N5O/c1-8-5-9(13(14,15)16)11(22)20(19-8)6-10-17-7-18-21(10)12(2,3)4/h5,7H,6H2,1-4H3. The second kappa shape index (κ2) is 5.22. The van der Waals surface area contributed by atoms with Crippen LogP contribution in [0.3, 0.4) is 0 Å². The third-order valence-corrected chi connectivity index (χ3v) is 2.95. The normalized spacial score (nSPS) is 12.7. The summed E-state index contributed by atoms with van der Waals surface area (Å²) in [7, 11) is 0. The summed E-state index contributed by atoms with van der Waals surface area (Å²) < 4.78 is 41.0. The molecule has 0 fully saturated rings. The van der Waals surface area contributed by atoms with Crippen LogP contribution in [-0.2, 0) is 18.3 Å². The maximum Gasteiger partial charge on any atom is 0.421 e. The van der Waals surface area contributed by atoms with E-state index in [0.29, 0.717) is 5.82 Å². The van der Waals surface area contributed by atoms with E-state index in [4.69, 9.17) is 0 Å². The molecule has 2 heterocycles. The van der Waals surface area contributed by atoms with Crippen LogP contribution in [-0.4, -0.2) is 24.5 Å². The fourth-order valence-corrected chi connectivity index (χ4v) is 2.05. The number of aromatic nitrogens is 5. The molecule has 0 N–H and O–H groups in total. The van der Waals surface area contributed by atoms with Gasteiger partial charge in [-0.15, -0.1) is 0 Å². The first kappa shape index (κ1) is 16.2. The highest BCUT2D eigenvalue weighted by Gasteiger charge is 2.35. The van der Waals surface area contributed by atoms with Crippen molar-refractivity contribution in [1.29, 1.82) is 0 Å². The van der Waals surface area contributed by atoms with Gasteiger partial charge in [-0.1, -0.05) is 0 Å². The molecule has 0 unspecified atom stereocenters. The van der Waals surface area contributed by atoms with Gasteiger partial charge in [0.25, 0.3) is 5.56 Å². The van der Waals surface area contributed by atoms with Crippen molar-refractivity contribution in [3.05, 3.63) is 39.8 Å². The van der Waals surface area contributed by atoms with Crippen LogP contribution in [0.2, 0.25) is 0 Å². The first-order valence-corrected chi connectivity index (χ1v) is 6.55. The third-order valence-electron chi connectivity index (χ3n) is 2.95. The molecule has 0 aromatic carbocycles. The van der Waals surface area contributed by atoms with Crippen molar-refractivity contribution in [1.82, 2.24) is 24.5 Å². The van der Waals surface area contributed by atoms with E-state index >= 15 is 0 Å². The van der Waals surface area contributed by atoms with Crippen molar-refractivity contribution >= 4 is 0 Å². The van der Waals surface area contributed by atoms with E-state index in [-0.39, 0.29) is 12.2 Å². The molecular formula is C13H16F3N5O. The fourth-order valence-electron chi connectivity index (χ4n) is 2.05. The van der Waals surface area contributed by atoms with Gasteiger partial charge in [0.05, 0.1) is 11.2 Å². The SMILES string of the molecule is Cc1cc(C(F)(F)F)c(=O)n(Cc2ncnn2C(C)(C)C)n1. The molecule has 0 saturated heterocycles. The molecule has 0 spiro atoms. The van der Waals surface area contributed by atoms with Crippen LogP contribution in [0.4, 0.5) is 13.2 Å². The van der Waals surface area contributed by atoms with Gasteiger partial charge >= 0.3 is 6.18 Å². The van der Waals surface area contributed by atoms with Crippen LogP contribution in [0.1, 0.15) is 37.9 Å². The molecule has 2 aromatic rings. The third kappa shape index (κ3) is 3.18. The zero-order chi connectivity index (χ0) is 16.7. The van der Waals surface area contributed by atoms with Gasteiger partial charge in [-0.3, -0.25) is 4.79 Å². The number of hydrogen-bond acceptors (Lipinski definition) is 4. The predicted molar refractivity (Wildman–Crippen MR) is 72.4 cm³/mol. The minimum Gasteiger partial charge on any atom is -0.267 e. The van der Waals surface area contributed by atoms with Crippen molar-refractivity contribution < 1.29 is 13.2 Å². The molecule has 2 aromatic heterocycles. The lowest BCUT2D eigenvalue weighted by atomic mass is 10.1. The molecule has 0 atom stereocenters. The Labute approximate surface area is 124 Å². The van der Waals surface area contributed by atoms with Gasteiger partial charge < -0.3 is 0 Å². The summed E-state index contributed by atoms with van der Waals surface area (Å²) in [6.07, 6.45) is -3.42. The Balaban J connectivity index is 2.50. The molecule has 9 heteroatoms. The van der Waals surface area contributed by atoms with Gasteiger partial charge in [0, 0.05) is 0 Å². The van der Waals surface area contributed by atoms with Gasteiger partial charge in [0.1, 0.15) is 24.3 Å². The highest BCUT2D eigenvalue weighted by Crippen LogP contribution is 2.26. The lowest BCUT2D eigenvalue weighted by molar-refractivity contribution is -0.139. The predicted octanol–water partition coefficient (Wildman–Crippen LogP) is 1.97. The van der Waals surface area contributed by atoms with E-state index in [1.165, 1.54) is 13.3 Å². The van der Waals surface area contributed by atoms with Crippen molar-refractivity contribution in [3.63, 3.8) is 0 Å². The van der Waals surface area contributed by atoms with Crippen LogP contribution in [0.15, 0.2) is 17.2 Å². The second-order valence-electron chi connectivity index (χ2n) is 5.92.